The number of hydrogen-bond acceptors (Lipinski definition) is 4. The van der Waals surface area contributed by atoms with E-state index in [1.807, 2.05) is 0 Å². The van der Waals surface area contributed by atoms with Crippen molar-refractivity contribution in [1.29, 1.82) is 0 Å². The number of dihydropyridines is 2. The number of nitrogens with one attached hydrogen (secondary N) is 3. The lowest BCUT2D eigenvalue weighted by Crippen LogP contribution is -2.45. The fraction of sp³-hybridized carbons (Fsp3) is 0.222. The summed E-state index contributed by atoms with van der Waals surface area (Å²) in [6.45, 7) is 3.87. The second kappa shape index (κ2) is 5.30. The Morgan fingerprint density at radius 2 is 1.86 bits per heavy atom. The molecule has 1 aromatic carbocycles. The van der Waals surface area contributed by atoms with Crippen LogP contribution in [0.1, 0.15) is 5.56 Å². The molecule has 1 aromatic rings. The van der Waals surface area contributed by atoms with Crippen molar-refractivity contribution in [2.75, 3.05) is 23.3 Å². The van der Waals surface area contributed by atoms with Gasteiger partial charge in [-0.2, -0.15) is 0 Å². The van der Waals surface area contributed by atoms with E-state index in [9.17, 15) is 0 Å². The summed E-state index contributed by atoms with van der Waals surface area (Å²) in [4.78, 5) is 2.34. The Kier molecular flexibility index (Phi) is 3.15. The van der Waals surface area contributed by atoms with Crippen LogP contribution in [-0.4, -0.2) is 19.3 Å². The highest BCUT2D eigenvalue weighted by atomic mass is 15.4. The van der Waals surface area contributed by atoms with Crippen molar-refractivity contribution in [3.63, 3.8) is 0 Å². The molecule has 1 unspecified atom stereocenters. The highest BCUT2D eigenvalue weighted by molar-refractivity contribution is 5.80. The maximum Gasteiger partial charge on any atom is 0.146 e. The van der Waals surface area contributed by atoms with E-state index < -0.39 is 0 Å². The SMILES string of the molecule is Cc1ccc2c(c1)N(C1=CC=CCN1)C(C1=CC=CCN1)N2. The Bertz CT molecular complexity index is 712. The highest BCUT2D eigenvalue weighted by Crippen LogP contribution is 2.39. The van der Waals surface area contributed by atoms with Crippen LogP contribution in [0.15, 0.2) is 66.2 Å². The molecule has 3 N–H and O–H groups in total. The molecule has 3 aliphatic heterocycles. The van der Waals surface area contributed by atoms with E-state index in [2.05, 4.69) is 82.4 Å². The molecule has 0 radical (unpaired) electrons. The van der Waals surface area contributed by atoms with E-state index in [0.717, 1.165) is 18.9 Å². The Morgan fingerprint density at radius 1 is 1.05 bits per heavy atom. The van der Waals surface area contributed by atoms with Gasteiger partial charge in [-0.25, -0.2) is 0 Å². The molecular weight excluding hydrogens is 272 g/mol. The minimum Gasteiger partial charge on any atom is -0.382 e. The second-order valence-corrected chi connectivity index (χ2v) is 5.73. The van der Waals surface area contributed by atoms with Crippen molar-refractivity contribution in [3.05, 3.63) is 71.7 Å². The molecule has 3 aliphatic rings. The summed E-state index contributed by atoms with van der Waals surface area (Å²) in [6.07, 6.45) is 12.8. The normalized spacial score (nSPS) is 22.2. The standard InChI is InChI=1S/C18H20N4/c1-13-8-9-14-16(12-13)22(17-7-3-5-11-20-17)18(21-14)15-6-2-4-10-19-15/h2-9,12,18-21H,10-11H2,1H3. The van der Waals surface area contributed by atoms with Crippen molar-refractivity contribution in [2.45, 2.75) is 13.1 Å². The molecular formula is C18H20N4. The van der Waals surface area contributed by atoms with Gasteiger partial charge in [-0.15, -0.1) is 0 Å². The molecule has 0 fully saturated rings. The van der Waals surface area contributed by atoms with E-state index in [-0.39, 0.29) is 6.17 Å². The summed E-state index contributed by atoms with van der Waals surface area (Å²) < 4.78 is 0. The topological polar surface area (TPSA) is 39.3 Å². The number of anilines is 2. The van der Waals surface area contributed by atoms with E-state index in [1.54, 1.807) is 0 Å². The Morgan fingerprint density at radius 3 is 2.59 bits per heavy atom. The molecule has 0 saturated carbocycles. The number of benzene rings is 1. The number of fused-ring (bicyclic) bond motifs is 1. The second-order valence-electron chi connectivity index (χ2n) is 5.73. The minimum atomic E-state index is 0.0898. The maximum atomic E-state index is 3.64. The van der Waals surface area contributed by atoms with Crippen molar-refractivity contribution >= 4 is 11.4 Å². The molecule has 0 spiro atoms. The van der Waals surface area contributed by atoms with E-state index in [0.29, 0.717) is 0 Å². The van der Waals surface area contributed by atoms with Gasteiger partial charge in [-0.3, -0.25) is 4.90 Å². The quantitative estimate of drug-likeness (QED) is 0.783. The first-order chi connectivity index (χ1) is 10.8. The van der Waals surface area contributed by atoms with Crippen LogP contribution in [0.25, 0.3) is 0 Å². The summed E-state index contributed by atoms with van der Waals surface area (Å²) in [5, 5.41) is 10.6. The van der Waals surface area contributed by atoms with Crippen molar-refractivity contribution in [3.8, 4) is 0 Å². The van der Waals surface area contributed by atoms with Crippen LogP contribution in [0.5, 0.6) is 0 Å². The highest BCUT2D eigenvalue weighted by Gasteiger charge is 2.34. The molecule has 1 atom stereocenters. The average Bonchev–Trinajstić information content (AvgIpc) is 2.95. The van der Waals surface area contributed by atoms with Gasteiger partial charge in [-0.05, 0) is 36.8 Å². The third kappa shape index (κ3) is 2.17. The Labute approximate surface area is 130 Å². The predicted molar refractivity (Wildman–Crippen MR) is 91.5 cm³/mol. The van der Waals surface area contributed by atoms with Gasteiger partial charge >= 0.3 is 0 Å². The van der Waals surface area contributed by atoms with Crippen LogP contribution in [0, 0.1) is 6.92 Å². The van der Waals surface area contributed by atoms with Crippen LogP contribution in [0.2, 0.25) is 0 Å². The molecule has 3 heterocycles. The maximum absolute atomic E-state index is 3.64. The number of allylic oxidation sites excluding steroid dienone is 4. The van der Waals surface area contributed by atoms with Crippen LogP contribution in [0.3, 0.4) is 0 Å². The van der Waals surface area contributed by atoms with E-state index >= 15 is 0 Å². The van der Waals surface area contributed by atoms with Gasteiger partial charge in [-0.1, -0.05) is 30.4 Å². The smallest absolute Gasteiger partial charge is 0.146 e. The molecule has 0 aromatic heterocycles. The Balaban J connectivity index is 1.78. The molecule has 0 bridgehead atoms. The van der Waals surface area contributed by atoms with E-state index in [1.165, 1.54) is 22.6 Å². The van der Waals surface area contributed by atoms with Crippen molar-refractivity contribution < 1.29 is 0 Å². The fourth-order valence-electron chi connectivity index (χ4n) is 3.08. The van der Waals surface area contributed by atoms with Crippen LogP contribution < -0.4 is 20.9 Å². The van der Waals surface area contributed by atoms with Gasteiger partial charge in [0.25, 0.3) is 0 Å². The summed E-state index contributed by atoms with van der Waals surface area (Å²) in [6, 6.07) is 6.55. The molecule has 4 heteroatoms. The van der Waals surface area contributed by atoms with Crippen LogP contribution in [0.4, 0.5) is 11.4 Å². The molecule has 0 saturated heterocycles. The number of aryl methyl sites for hydroxylation is 1. The number of nitrogens with zero attached hydrogens (tertiary/aromatic N) is 1. The lowest BCUT2D eigenvalue weighted by atomic mass is 10.2. The van der Waals surface area contributed by atoms with Gasteiger partial charge < -0.3 is 16.0 Å². The van der Waals surface area contributed by atoms with Gasteiger partial charge in [0.1, 0.15) is 12.0 Å². The molecule has 4 nitrogen and oxygen atoms in total. The first-order valence-corrected chi connectivity index (χ1v) is 7.71. The predicted octanol–water partition coefficient (Wildman–Crippen LogP) is 2.60. The molecule has 0 amide bonds. The summed E-state index contributed by atoms with van der Waals surface area (Å²) in [7, 11) is 0. The zero-order valence-electron chi connectivity index (χ0n) is 12.6. The van der Waals surface area contributed by atoms with E-state index in [4.69, 9.17) is 0 Å². The average molecular weight is 292 g/mol. The largest absolute Gasteiger partial charge is 0.382 e. The lowest BCUT2D eigenvalue weighted by molar-refractivity contribution is 0.694. The third-order valence-electron chi connectivity index (χ3n) is 4.14. The fourth-order valence-corrected chi connectivity index (χ4v) is 3.08. The lowest BCUT2D eigenvalue weighted by Gasteiger charge is -2.32. The van der Waals surface area contributed by atoms with Gasteiger partial charge in [0.15, 0.2) is 0 Å². The zero-order chi connectivity index (χ0) is 14.9. The monoisotopic (exact) mass is 292 g/mol. The first kappa shape index (κ1) is 13.1. The van der Waals surface area contributed by atoms with Gasteiger partial charge in [0.2, 0.25) is 0 Å². The number of hydrogen-bond donors (Lipinski definition) is 3. The summed E-state index contributed by atoms with van der Waals surface area (Å²) >= 11 is 0. The molecule has 112 valence electrons. The van der Waals surface area contributed by atoms with Crippen LogP contribution >= 0.6 is 0 Å². The van der Waals surface area contributed by atoms with Gasteiger partial charge in [0.05, 0.1) is 17.1 Å². The summed E-state index contributed by atoms with van der Waals surface area (Å²) in [5.41, 5.74) is 4.85. The van der Waals surface area contributed by atoms with Crippen molar-refractivity contribution in [2.24, 2.45) is 0 Å². The third-order valence-corrected chi connectivity index (χ3v) is 4.14. The molecule has 4 rings (SSSR count). The Hall–Kier alpha value is -2.62. The zero-order valence-corrected chi connectivity index (χ0v) is 12.6. The van der Waals surface area contributed by atoms with Gasteiger partial charge in [0, 0.05) is 13.1 Å². The number of rotatable bonds is 2. The van der Waals surface area contributed by atoms with Crippen LogP contribution in [-0.2, 0) is 0 Å². The first-order valence-electron chi connectivity index (χ1n) is 7.71. The molecule has 0 aliphatic carbocycles. The minimum absolute atomic E-state index is 0.0898. The molecule has 22 heavy (non-hydrogen) atoms. The van der Waals surface area contributed by atoms with Crippen molar-refractivity contribution in [1.82, 2.24) is 10.6 Å². The summed E-state index contributed by atoms with van der Waals surface area (Å²) in [5.74, 6) is 1.13.